The first-order valence-electron chi connectivity index (χ1n) is 41.3. The van der Waals surface area contributed by atoms with Crippen LogP contribution in [0.15, 0.2) is 250 Å². The number of anilines is 1. The van der Waals surface area contributed by atoms with Crippen LogP contribution in [0.5, 0.6) is 0 Å². The summed E-state index contributed by atoms with van der Waals surface area (Å²) in [6.45, 7) is 13.4. The predicted molar refractivity (Wildman–Crippen MR) is 442 cm³/mol. The van der Waals surface area contributed by atoms with E-state index in [2.05, 4.69) is 28.2 Å². The molecule has 0 atom stereocenters. The quantitative estimate of drug-likeness (QED) is 0.0806. The number of sulfone groups is 3. The number of urea groups is 1. The second-order valence-electron chi connectivity index (χ2n) is 28.6. The number of carbonyl (C=O) groups excluding carboxylic acids is 3. The Morgan fingerprint density at radius 2 is 0.658 bits per heavy atom. The van der Waals surface area contributed by atoms with Crippen LogP contribution < -0.4 is 15.8 Å². The summed E-state index contributed by atoms with van der Waals surface area (Å²) in [7, 11) is -14.1. The lowest BCUT2D eigenvalue weighted by Crippen LogP contribution is -2.43. The third-order valence-corrected chi connectivity index (χ3v) is 26.5. The smallest absolute Gasteiger partial charge is 0.410 e. The van der Waals surface area contributed by atoms with Crippen LogP contribution >= 0.6 is 0 Å². The average molecular weight is 1590 g/mol. The highest BCUT2D eigenvalue weighted by atomic mass is 32.2. The Hall–Kier alpha value is -10.4. The zero-order valence-corrected chi connectivity index (χ0v) is 66.4. The molecule has 0 aromatic heterocycles. The van der Waals surface area contributed by atoms with Gasteiger partial charge in [-0.25, -0.2) is 52.8 Å². The van der Waals surface area contributed by atoms with Gasteiger partial charge in [0, 0.05) is 56.8 Å². The second kappa shape index (κ2) is 37.5. The van der Waals surface area contributed by atoms with Gasteiger partial charge >= 0.3 is 18.2 Å². The van der Waals surface area contributed by atoms with Gasteiger partial charge in [-0.05, 0) is 225 Å². The molecule has 4 aliphatic heterocycles. The van der Waals surface area contributed by atoms with E-state index in [0.29, 0.717) is 80.5 Å². The van der Waals surface area contributed by atoms with Gasteiger partial charge in [-0.15, -0.1) is 0 Å². The minimum Gasteiger partial charge on any atom is -0.445 e. The molecule has 14 rings (SSSR count). The van der Waals surface area contributed by atoms with E-state index in [4.69, 9.17) is 27.1 Å². The van der Waals surface area contributed by atoms with Crippen molar-refractivity contribution >= 4 is 63.4 Å². The van der Waals surface area contributed by atoms with Crippen LogP contribution in [-0.2, 0) is 131 Å². The van der Waals surface area contributed by atoms with Crippen LogP contribution in [0.4, 0.5) is 20.1 Å². The number of hydrogen-bond donors (Lipinski definition) is 3. The van der Waals surface area contributed by atoms with Crippen molar-refractivity contribution in [3.63, 3.8) is 0 Å². The van der Waals surface area contributed by atoms with Gasteiger partial charge < -0.3 is 35.2 Å². The van der Waals surface area contributed by atoms with Gasteiger partial charge in [0.05, 0.1) is 36.8 Å². The number of nitrogens with one attached hydrogen (secondary N) is 2. The summed E-state index contributed by atoms with van der Waals surface area (Å²) in [4.78, 5) is 43.6. The standard InChI is InChI=1S/C26H28N2O5S2.C26H27NO4S.C18H20N2O2.C18H21NO2S.4H2/c1-19-3-9-24(10-4-19)34(30,31)18-21-7-8-22-13-15-28(16-14-23(22)17-21)26(29)27-35(32,33)25-11-5-20(2)6-12-25;1-20-7-11-25(12-8-20)32(29,30)19-22-9-10-23-13-15-27(16-14-24(23)17-22)26(28)31-18-21-5-3-2-4-6-21;19-17-7-6-15-8-10-20(11-9-16(15)12-17)18(21)22-13-14-4-2-1-3-5-14;1-14-2-6-18(7-3-14)22(20,21)13-15-4-5-16-8-10-19-11-9-17(16)12-15;;;;/h3-12,17H,13-16,18H2,1-2H3,(H,27,29);2-12,17H,13-16,18-19H2,1H3;1-7,12H,8-11,13,19H2;2-7,12,19H,8-11,13H2,1H3;4*1H/i;;;;4*1+1D. The Morgan fingerprint density at radius 3 is 1.03 bits per heavy atom. The van der Waals surface area contributed by atoms with Crippen molar-refractivity contribution in [1.82, 2.24) is 24.7 Å². The Morgan fingerprint density at radius 1 is 0.360 bits per heavy atom. The van der Waals surface area contributed by atoms with Crippen molar-refractivity contribution in [3.05, 3.63) is 325 Å². The van der Waals surface area contributed by atoms with Crippen molar-refractivity contribution in [3.8, 4) is 0 Å². The molecule has 19 nitrogen and oxygen atoms in total. The maximum Gasteiger partial charge on any atom is 0.410 e. The predicted octanol–water partition coefficient (Wildman–Crippen LogP) is 15.1. The fraction of sp³-hybridized carbons (Fsp3) is 0.284. The number of nitrogen functional groups attached to an aromatic ring is 1. The zero-order chi connectivity index (χ0) is 86.7. The van der Waals surface area contributed by atoms with Gasteiger partial charge in [0.15, 0.2) is 29.5 Å². The van der Waals surface area contributed by atoms with E-state index in [1.807, 2.05) is 167 Å². The molecule has 4 N–H and O–H groups in total. The van der Waals surface area contributed by atoms with E-state index < -0.39 is 45.6 Å². The minimum atomic E-state index is -3.97. The minimum absolute atomic E-state index is 0.0355. The largest absolute Gasteiger partial charge is 0.445 e. The number of aryl methyl sites for hydroxylation is 4. The molecule has 0 aliphatic carbocycles. The number of amides is 4. The monoisotopic (exact) mass is 1590 g/mol. The lowest BCUT2D eigenvalue weighted by molar-refractivity contribution is 0.0970. The first kappa shape index (κ1) is 76.0. The number of nitrogens with zero attached hydrogens (tertiary/aromatic N) is 3. The molecule has 0 bridgehead atoms. The van der Waals surface area contributed by atoms with Crippen molar-refractivity contribution in [2.75, 3.05) is 58.1 Å². The molecular weight excluding hydrogens is 1480 g/mol. The molecule has 0 saturated carbocycles. The van der Waals surface area contributed by atoms with Crippen molar-refractivity contribution in [2.24, 2.45) is 0 Å². The van der Waals surface area contributed by atoms with Crippen molar-refractivity contribution in [2.45, 2.75) is 129 Å². The summed E-state index contributed by atoms with van der Waals surface area (Å²) >= 11 is 0. The fourth-order valence-electron chi connectivity index (χ4n) is 13.6. The number of hydrogen-bond acceptors (Lipinski definition) is 15. The number of nitrogens with two attached hydrogens (primary N) is 1. The SMILES string of the molecule is Cc1ccc(S(=O)(=O)Cc2ccc3c(c2)CCN(C(=O)NS(=O)(=O)c2ccc(C)cc2)CC3)cc1.Cc1ccc(S(=O)(=O)Cc2ccc3c(c2)CCN(C(=O)OCc2ccccc2)CC3)cc1.Cc1ccc(S(=O)(=O)Cc2ccc3c(c2)CCNCC3)cc1.Nc1ccc2c(c1)CCN(C(=O)OCc1ccccc1)CC2.[2H][2H].[2H][2H].[2H][2H].[2H][2H]. The highest BCUT2D eigenvalue weighted by Crippen LogP contribution is 2.28. The Kier molecular flexibility index (Phi) is 25.7. The molecule has 23 heteroatoms. The Bertz CT molecular complexity index is 5410. The number of benzene rings is 10. The summed E-state index contributed by atoms with van der Waals surface area (Å²) in [6.07, 6.45) is 5.54. The molecule has 4 heterocycles. The van der Waals surface area contributed by atoms with E-state index in [0.717, 1.165) is 118 Å². The number of ether oxygens (including phenoxy) is 2. The van der Waals surface area contributed by atoms with E-state index in [-0.39, 0.29) is 45.8 Å². The number of rotatable bonds is 15. The van der Waals surface area contributed by atoms with Gasteiger partial charge in [0.1, 0.15) is 13.2 Å². The summed E-state index contributed by atoms with van der Waals surface area (Å²) in [5.74, 6) is -0.0781. The summed E-state index contributed by atoms with van der Waals surface area (Å²) < 4.78 is 155. The van der Waals surface area contributed by atoms with E-state index in [9.17, 15) is 48.1 Å². The highest BCUT2D eigenvalue weighted by Gasteiger charge is 2.27. The van der Waals surface area contributed by atoms with Gasteiger partial charge in [-0.2, -0.15) is 0 Å². The highest BCUT2D eigenvalue weighted by molar-refractivity contribution is 7.91. The van der Waals surface area contributed by atoms with Crippen molar-refractivity contribution in [1.29, 1.82) is 0 Å². The normalized spacial score (nSPS) is 14.5. The van der Waals surface area contributed by atoms with E-state index >= 15 is 0 Å². The molecule has 4 aliphatic rings. The maximum atomic E-state index is 12.8. The van der Waals surface area contributed by atoms with Gasteiger partial charge in [-0.3, -0.25) is 0 Å². The first-order chi connectivity index (χ1) is 57.2. The number of sulfonamides is 1. The summed E-state index contributed by atoms with van der Waals surface area (Å²) in [6, 6.07) is 69.3. The van der Waals surface area contributed by atoms with Gasteiger partial charge in [0.2, 0.25) is 0 Å². The lowest BCUT2D eigenvalue weighted by Gasteiger charge is -2.20. The third-order valence-electron chi connectivity index (χ3n) is 20.1. The first-order valence-corrected chi connectivity index (χ1v) is 43.7. The summed E-state index contributed by atoms with van der Waals surface area (Å²) in [5, 5.41) is 3.37. The molecule has 0 saturated heterocycles. The van der Waals surface area contributed by atoms with Crippen LogP contribution in [0.2, 0.25) is 0 Å². The molecule has 0 spiro atoms. The molecule has 0 radical (unpaired) electrons. The topological polar surface area (TPSA) is 266 Å². The second-order valence-corrected chi connectivity index (χ2v) is 36.2. The van der Waals surface area contributed by atoms with Crippen LogP contribution in [0.3, 0.4) is 0 Å². The Labute approximate surface area is 666 Å². The number of carbonyl (C=O) groups is 3. The van der Waals surface area contributed by atoms with Crippen molar-refractivity contribution < 1.29 is 69.4 Å². The van der Waals surface area contributed by atoms with Crippen LogP contribution in [0, 0.1) is 27.7 Å². The molecular formula is C88H104N6O13S4. The Balaban J connectivity index is 0.000000216. The van der Waals surface area contributed by atoms with E-state index in [1.54, 1.807) is 70.5 Å². The molecule has 0 unspecified atom stereocenters. The molecule has 10 aromatic rings. The average Bonchev–Trinajstić information content (AvgIpc) is 1.44. The van der Waals surface area contributed by atoms with Crippen LogP contribution in [0.1, 0.15) is 106 Å². The number of fused-ring (bicyclic) bond motifs is 4. The van der Waals surface area contributed by atoms with E-state index in [1.165, 1.54) is 39.3 Å². The lowest BCUT2D eigenvalue weighted by atomic mass is 10.0. The zero-order valence-electron chi connectivity index (χ0n) is 71.1. The fourth-order valence-corrected chi connectivity index (χ4v) is 18.6. The molecule has 111 heavy (non-hydrogen) atoms. The summed E-state index contributed by atoms with van der Waals surface area (Å²) in [5.41, 5.74) is 24.3. The third kappa shape index (κ3) is 23.3. The molecule has 4 amide bonds. The molecule has 588 valence electrons. The van der Waals surface area contributed by atoms with Gasteiger partial charge in [0.25, 0.3) is 10.0 Å². The molecule has 10 aromatic carbocycles. The molecule has 0 fully saturated rings. The maximum absolute atomic E-state index is 12.8. The van der Waals surface area contributed by atoms with Crippen LogP contribution in [-0.4, -0.2) is 119 Å². The van der Waals surface area contributed by atoms with Crippen LogP contribution in [0.25, 0.3) is 0 Å². The van der Waals surface area contributed by atoms with Gasteiger partial charge in [-0.1, -0.05) is 192 Å².